The molecule has 0 bridgehead atoms. The minimum atomic E-state index is 0.868. The smallest absolute Gasteiger partial charge is 0.137 e. The van der Waals surface area contributed by atoms with Crippen molar-refractivity contribution in [3.05, 3.63) is 212 Å². The van der Waals surface area contributed by atoms with Crippen LogP contribution in [0.1, 0.15) is 0 Å². The molecule has 11 aromatic carbocycles. The summed E-state index contributed by atoms with van der Waals surface area (Å²) < 4.78 is 6.44. The van der Waals surface area contributed by atoms with Crippen LogP contribution in [-0.4, -0.2) is 0 Å². The summed E-state index contributed by atoms with van der Waals surface area (Å²) in [6.45, 7) is 0. The van der Waals surface area contributed by atoms with Crippen LogP contribution in [0.5, 0.6) is 0 Å². The van der Waals surface area contributed by atoms with E-state index in [0.29, 0.717) is 0 Å². The van der Waals surface area contributed by atoms with Crippen LogP contribution in [0.3, 0.4) is 0 Å². The summed E-state index contributed by atoms with van der Waals surface area (Å²) in [5, 5.41) is 14.9. The van der Waals surface area contributed by atoms with Crippen molar-refractivity contribution in [3.63, 3.8) is 0 Å². The van der Waals surface area contributed by atoms with Gasteiger partial charge in [-0.3, -0.25) is 0 Å². The lowest BCUT2D eigenvalue weighted by atomic mass is 9.92. The first-order valence-electron chi connectivity index (χ1n) is 19.9. The second-order valence-corrected chi connectivity index (χ2v) is 15.3. The molecule has 0 unspecified atom stereocenters. The highest BCUT2D eigenvalue weighted by molar-refractivity contribution is 6.27. The molecule has 270 valence electrons. The summed E-state index contributed by atoms with van der Waals surface area (Å²) in [4.78, 5) is 2.35. The number of hydrogen-bond donors (Lipinski definition) is 0. The van der Waals surface area contributed by atoms with Crippen LogP contribution in [0.4, 0.5) is 17.1 Å². The fourth-order valence-electron chi connectivity index (χ4n) is 9.15. The van der Waals surface area contributed by atoms with Gasteiger partial charge in [-0.2, -0.15) is 0 Å². The normalized spacial score (nSPS) is 11.8. The Hall–Kier alpha value is -7.68. The van der Waals surface area contributed by atoms with Crippen molar-refractivity contribution in [1.29, 1.82) is 0 Å². The van der Waals surface area contributed by atoms with Gasteiger partial charge in [0.25, 0.3) is 0 Å². The summed E-state index contributed by atoms with van der Waals surface area (Å²) >= 11 is 0. The van der Waals surface area contributed by atoms with E-state index in [0.717, 1.165) is 50.1 Å². The second kappa shape index (κ2) is 12.9. The van der Waals surface area contributed by atoms with Crippen molar-refractivity contribution < 1.29 is 4.42 Å². The van der Waals surface area contributed by atoms with Gasteiger partial charge in [-0.25, -0.2) is 0 Å². The Kier molecular flexibility index (Phi) is 7.26. The van der Waals surface area contributed by atoms with Crippen LogP contribution in [0.2, 0.25) is 0 Å². The first-order chi connectivity index (χ1) is 28.7. The molecule has 0 atom stereocenters. The molecular weight excluding hydrogens is 703 g/mol. The predicted molar refractivity (Wildman–Crippen MR) is 247 cm³/mol. The van der Waals surface area contributed by atoms with Crippen LogP contribution in [0.15, 0.2) is 217 Å². The zero-order valence-corrected chi connectivity index (χ0v) is 31.6. The van der Waals surface area contributed by atoms with E-state index in [1.807, 2.05) is 12.1 Å². The third-order valence-electron chi connectivity index (χ3n) is 12.0. The highest BCUT2D eigenvalue weighted by Crippen LogP contribution is 2.42. The van der Waals surface area contributed by atoms with Gasteiger partial charge in [0.15, 0.2) is 0 Å². The maximum Gasteiger partial charge on any atom is 0.137 e. The van der Waals surface area contributed by atoms with E-state index in [9.17, 15) is 0 Å². The summed E-state index contributed by atoms with van der Waals surface area (Å²) in [5.41, 5.74) is 9.62. The average molecular weight is 738 g/mol. The molecule has 0 spiro atoms. The number of fused-ring (bicyclic) bond motifs is 11. The zero-order valence-electron chi connectivity index (χ0n) is 31.6. The van der Waals surface area contributed by atoms with Crippen LogP contribution in [0, 0.1) is 0 Å². The van der Waals surface area contributed by atoms with E-state index in [1.54, 1.807) is 0 Å². The SMILES string of the molecule is c1cc(-c2ccc3ccccc3c2)cc(N(c2cccc(-c3ccc4c(ccc5ccc6ccc7ccccc7c6c54)c3)c2)c2ccc3c(c2)oc2ccccc23)c1. The molecule has 0 N–H and O–H groups in total. The Balaban J connectivity index is 1.01. The zero-order chi connectivity index (χ0) is 38.2. The van der Waals surface area contributed by atoms with Gasteiger partial charge in [0.05, 0.1) is 0 Å². The van der Waals surface area contributed by atoms with Gasteiger partial charge in [0.2, 0.25) is 0 Å². The lowest BCUT2D eigenvalue weighted by molar-refractivity contribution is 0.669. The maximum atomic E-state index is 6.44. The Labute approximate surface area is 335 Å². The van der Waals surface area contributed by atoms with Crippen molar-refractivity contribution in [1.82, 2.24) is 0 Å². The molecule has 0 fully saturated rings. The quantitative estimate of drug-likeness (QED) is 0.164. The fraction of sp³-hybridized carbons (Fsp3) is 0. The monoisotopic (exact) mass is 737 g/mol. The lowest BCUT2D eigenvalue weighted by Gasteiger charge is -2.26. The Morgan fingerprint density at radius 2 is 0.741 bits per heavy atom. The molecule has 2 nitrogen and oxygen atoms in total. The molecule has 2 heteroatoms. The molecule has 0 aliphatic rings. The van der Waals surface area contributed by atoms with E-state index >= 15 is 0 Å². The standard InChI is InChI=1S/C56H35NO/c1-2-11-40-31-43(25-19-36(40)9-1)41-12-7-14-46(33-41)57(48-28-30-52-51-17-5-6-18-53(51)58-54(52)35-48)47-15-8-13-42(34-47)44-27-29-50-45(32-44)26-24-39-23-22-38-21-20-37-10-3-4-16-49(37)55(38)56(39)50/h1-35H. The predicted octanol–water partition coefficient (Wildman–Crippen LogP) is 16.2. The maximum absolute atomic E-state index is 6.44. The van der Waals surface area contributed by atoms with Crippen LogP contribution >= 0.6 is 0 Å². The summed E-state index contributed by atoms with van der Waals surface area (Å²) in [5.74, 6) is 0. The Morgan fingerprint density at radius 3 is 1.48 bits per heavy atom. The highest BCUT2D eigenvalue weighted by Gasteiger charge is 2.18. The number of furan rings is 1. The van der Waals surface area contributed by atoms with Gasteiger partial charge in [0, 0.05) is 33.9 Å². The minimum absolute atomic E-state index is 0.868. The lowest BCUT2D eigenvalue weighted by Crippen LogP contribution is -2.10. The van der Waals surface area contributed by atoms with Gasteiger partial charge < -0.3 is 9.32 Å². The van der Waals surface area contributed by atoms with Crippen molar-refractivity contribution in [2.45, 2.75) is 0 Å². The van der Waals surface area contributed by atoms with E-state index in [2.05, 4.69) is 205 Å². The first-order valence-corrected chi connectivity index (χ1v) is 19.9. The van der Waals surface area contributed by atoms with E-state index in [1.165, 1.54) is 65.0 Å². The van der Waals surface area contributed by atoms with Crippen molar-refractivity contribution in [2.75, 3.05) is 4.90 Å². The van der Waals surface area contributed by atoms with E-state index in [-0.39, 0.29) is 0 Å². The van der Waals surface area contributed by atoms with Gasteiger partial charge >= 0.3 is 0 Å². The molecular formula is C56H35NO. The largest absolute Gasteiger partial charge is 0.456 e. The number of benzene rings is 11. The highest BCUT2D eigenvalue weighted by atomic mass is 16.3. The minimum Gasteiger partial charge on any atom is -0.456 e. The first kappa shape index (κ1) is 32.6. The number of nitrogens with zero attached hydrogens (tertiary/aromatic N) is 1. The van der Waals surface area contributed by atoms with Crippen LogP contribution in [0.25, 0.3) is 98.1 Å². The molecule has 58 heavy (non-hydrogen) atoms. The molecule has 0 amide bonds. The molecule has 1 aromatic heterocycles. The van der Waals surface area contributed by atoms with Gasteiger partial charge in [-0.05, 0) is 131 Å². The third kappa shape index (κ3) is 5.27. The molecule has 0 aliphatic heterocycles. The number of para-hydroxylation sites is 1. The van der Waals surface area contributed by atoms with E-state index in [4.69, 9.17) is 4.42 Å². The van der Waals surface area contributed by atoms with Gasteiger partial charge in [-0.15, -0.1) is 0 Å². The molecule has 0 aliphatic carbocycles. The van der Waals surface area contributed by atoms with Crippen LogP contribution < -0.4 is 4.90 Å². The Morgan fingerprint density at radius 1 is 0.259 bits per heavy atom. The van der Waals surface area contributed by atoms with E-state index < -0.39 is 0 Å². The number of anilines is 3. The topological polar surface area (TPSA) is 16.4 Å². The molecule has 0 radical (unpaired) electrons. The summed E-state index contributed by atoms with van der Waals surface area (Å²) in [6, 6.07) is 77.2. The molecule has 1 heterocycles. The number of rotatable bonds is 5. The number of hydrogen-bond acceptors (Lipinski definition) is 2. The van der Waals surface area contributed by atoms with Crippen molar-refractivity contribution >= 4 is 92.9 Å². The van der Waals surface area contributed by atoms with Crippen molar-refractivity contribution in [3.8, 4) is 22.3 Å². The van der Waals surface area contributed by atoms with Crippen LogP contribution in [-0.2, 0) is 0 Å². The summed E-state index contributed by atoms with van der Waals surface area (Å²) in [7, 11) is 0. The molecule has 12 rings (SSSR count). The van der Waals surface area contributed by atoms with Gasteiger partial charge in [-0.1, -0.05) is 152 Å². The second-order valence-electron chi connectivity index (χ2n) is 15.3. The molecule has 0 saturated carbocycles. The average Bonchev–Trinajstić information content (AvgIpc) is 3.66. The fourth-order valence-corrected chi connectivity index (χ4v) is 9.15. The van der Waals surface area contributed by atoms with Gasteiger partial charge in [0.1, 0.15) is 11.2 Å². The molecule has 12 aromatic rings. The third-order valence-corrected chi connectivity index (χ3v) is 12.0. The summed E-state index contributed by atoms with van der Waals surface area (Å²) in [6.07, 6.45) is 0. The molecule has 0 saturated heterocycles. The Bertz CT molecular complexity index is 3590. The van der Waals surface area contributed by atoms with Crippen molar-refractivity contribution in [2.24, 2.45) is 0 Å².